The Morgan fingerprint density at radius 3 is 2.91 bits per heavy atom. The molecule has 1 N–H and O–H groups in total. The van der Waals surface area contributed by atoms with Crippen molar-refractivity contribution >= 4 is 17.2 Å². The van der Waals surface area contributed by atoms with Gasteiger partial charge < -0.3 is 5.32 Å². The number of hydrogen-bond donors (Lipinski definition) is 1. The van der Waals surface area contributed by atoms with Crippen LogP contribution in [0.15, 0.2) is 41.8 Å². The first-order valence-corrected chi connectivity index (χ1v) is 8.82. The Balaban J connectivity index is 1.67. The SMILES string of the molecule is CCN1CCCC1CNC(=O)c1sccc1-c1ccccc1. The van der Waals surface area contributed by atoms with Crippen LogP contribution in [0.3, 0.4) is 0 Å². The zero-order valence-corrected chi connectivity index (χ0v) is 13.7. The lowest BCUT2D eigenvalue weighted by atomic mass is 10.1. The van der Waals surface area contributed by atoms with Gasteiger partial charge in [0.2, 0.25) is 0 Å². The predicted molar refractivity (Wildman–Crippen MR) is 92.4 cm³/mol. The quantitative estimate of drug-likeness (QED) is 0.914. The number of carbonyl (C=O) groups is 1. The summed E-state index contributed by atoms with van der Waals surface area (Å²) < 4.78 is 0. The number of carbonyl (C=O) groups excluding carboxylic acids is 1. The summed E-state index contributed by atoms with van der Waals surface area (Å²) in [6.45, 7) is 5.16. The molecule has 0 saturated carbocycles. The predicted octanol–water partition coefficient (Wildman–Crippen LogP) is 3.63. The van der Waals surface area contributed by atoms with Gasteiger partial charge in [-0.1, -0.05) is 37.3 Å². The van der Waals surface area contributed by atoms with E-state index in [9.17, 15) is 4.79 Å². The molecule has 1 fully saturated rings. The Morgan fingerprint density at radius 1 is 1.32 bits per heavy atom. The van der Waals surface area contributed by atoms with Crippen molar-refractivity contribution in [1.82, 2.24) is 10.2 Å². The van der Waals surface area contributed by atoms with Crippen molar-refractivity contribution in [3.63, 3.8) is 0 Å². The summed E-state index contributed by atoms with van der Waals surface area (Å²) in [6.07, 6.45) is 2.42. The van der Waals surface area contributed by atoms with Gasteiger partial charge in [0, 0.05) is 18.2 Å². The third-order valence-corrected chi connectivity index (χ3v) is 5.27. The van der Waals surface area contributed by atoms with Gasteiger partial charge in [0.15, 0.2) is 0 Å². The highest BCUT2D eigenvalue weighted by Gasteiger charge is 2.24. The molecule has 22 heavy (non-hydrogen) atoms. The molecule has 0 aliphatic carbocycles. The van der Waals surface area contributed by atoms with Gasteiger partial charge in [-0.15, -0.1) is 11.3 Å². The summed E-state index contributed by atoms with van der Waals surface area (Å²) in [6, 6.07) is 12.6. The molecule has 4 heteroatoms. The lowest BCUT2D eigenvalue weighted by Gasteiger charge is -2.22. The standard InChI is InChI=1S/C18H22N2OS/c1-2-20-11-6-9-15(20)13-19-18(21)17-16(10-12-22-17)14-7-4-3-5-8-14/h3-5,7-8,10,12,15H,2,6,9,11,13H2,1H3,(H,19,21). The van der Waals surface area contributed by atoms with Crippen LogP contribution >= 0.6 is 11.3 Å². The van der Waals surface area contributed by atoms with Gasteiger partial charge in [-0.05, 0) is 42.9 Å². The highest BCUT2D eigenvalue weighted by Crippen LogP contribution is 2.28. The maximum Gasteiger partial charge on any atom is 0.262 e. The molecule has 116 valence electrons. The molecule has 1 aromatic heterocycles. The Bertz CT molecular complexity index is 623. The molecule has 0 bridgehead atoms. The molecule has 1 unspecified atom stereocenters. The van der Waals surface area contributed by atoms with E-state index >= 15 is 0 Å². The molecule has 2 heterocycles. The number of likely N-dealkylation sites (tertiary alicyclic amines) is 1. The maximum atomic E-state index is 12.5. The first kappa shape index (κ1) is 15.3. The summed E-state index contributed by atoms with van der Waals surface area (Å²) in [7, 11) is 0. The summed E-state index contributed by atoms with van der Waals surface area (Å²) in [5, 5.41) is 5.12. The zero-order valence-electron chi connectivity index (χ0n) is 12.9. The normalized spacial score (nSPS) is 18.5. The minimum absolute atomic E-state index is 0.0526. The van der Waals surface area contributed by atoms with Crippen molar-refractivity contribution in [3.8, 4) is 11.1 Å². The number of likely N-dealkylation sites (N-methyl/N-ethyl adjacent to an activating group) is 1. The number of hydrogen-bond acceptors (Lipinski definition) is 3. The van der Waals surface area contributed by atoms with E-state index in [1.807, 2.05) is 29.6 Å². The van der Waals surface area contributed by atoms with Gasteiger partial charge in [0.05, 0.1) is 4.88 Å². The maximum absolute atomic E-state index is 12.5. The van der Waals surface area contributed by atoms with E-state index in [1.54, 1.807) is 0 Å². The Hall–Kier alpha value is -1.65. The minimum atomic E-state index is 0.0526. The summed E-state index contributed by atoms with van der Waals surface area (Å²) in [5.41, 5.74) is 2.13. The van der Waals surface area contributed by atoms with Crippen molar-refractivity contribution in [2.24, 2.45) is 0 Å². The first-order chi connectivity index (χ1) is 10.8. The molecule has 1 aliphatic heterocycles. The summed E-state index contributed by atoms with van der Waals surface area (Å²) in [5.74, 6) is 0.0526. The van der Waals surface area contributed by atoms with E-state index in [-0.39, 0.29) is 5.91 Å². The van der Waals surface area contributed by atoms with Crippen LogP contribution in [-0.2, 0) is 0 Å². The van der Waals surface area contributed by atoms with E-state index in [2.05, 4.69) is 29.3 Å². The molecule has 2 aromatic rings. The molecule has 1 aliphatic rings. The van der Waals surface area contributed by atoms with Gasteiger partial charge >= 0.3 is 0 Å². The van der Waals surface area contributed by atoms with Gasteiger partial charge in [-0.25, -0.2) is 0 Å². The average Bonchev–Trinajstić information content (AvgIpc) is 3.22. The van der Waals surface area contributed by atoms with Crippen LogP contribution in [0.2, 0.25) is 0 Å². The molecular weight excluding hydrogens is 292 g/mol. The van der Waals surface area contributed by atoms with Gasteiger partial charge in [0.1, 0.15) is 0 Å². The second-order valence-electron chi connectivity index (χ2n) is 5.66. The Morgan fingerprint density at radius 2 is 2.14 bits per heavy atom. The van der Waals surface area contributed by atoms with Crippen molar-refractivity contribution in [2.45, 2.75) is 25.8 Å². The molecule has 3 nitrogen and oxygen atoms in total. The number of benzene rings is 1. The minimum Gasteiger partial charge on any atom is -0.350 e. The van der Waals surface area contributed by atoms with Crippen LogP contribution in [0, 0.1) is 0 Å². The molecule has 1 aromatic carbocycles. The van der Waals surface area contributed by atoms with E-state index in [0.717, 1.165) is 35.6 Å². The van der Waals surface area contributed by atoms with E-state index in [4.69, 9.17) is 0 Å². The monoisotopic (exact) mass is 314 g/mol. The fourth-order valence-electron chi connectivity index (χ4n) is 3.16. The summed E-state index contributed by atoms with van der Waals surface area (Å²) >= 11 is 1.52. The Labute approximate surface area is 136 Å². The number of nitrogens with zero attached hydrogens (tertiary/aromatic N) is 1. The Kier molecular flexibility index (Phi) is 4.90. The van der Waals surface area contributed by atoms with Crippen molar-refractivity contribution < 1.29 is 4.79 Å². The van der Waals surface area contributed by atoms with Crippen LogP contribution in [0.5, 0.6) is 0 Å². The van der Waals surface area contributed by atoms with E-state index < -0.39 is 0 Å². The van der Waals surface area contributed by atoms with Crippen LogP contribution < -0.4 is 5.32 Å². The zero-order chi connectivity index (χ0) is 15.4. The number of nitrogens with one attached hydrogen (secondary N) is 1. The fourth-order valence-corrected chi connectivity index (χ4v) is 4.00. The summed E-state index contributed by atoms with van der Waals surface area (Å²) in [4.78, 5) is 15.8. The van der Waals surface area contributed by atoms with Gasteiger partial charge in [-0.2, -0.15) is 0 Å². The van der Waals surface area contributed by atoms with Crippen LogP contribution in [-0.4, -0.2) is 36.5 Å². The first-order valence-electron chi connectivity index (χ1n) is 7.94. The van der Waals surface area contributed by atoms with Gasteiger partial charge in [-0.3, -0.25) is 9.69 Å². The largest absolute Gasteiger partial charge is 0.350 e. The molecule has 0 spiro atoms. The third kappa shape index (κ3) is 3.23. The fraction of sp³-hybridized carbons (Fsp3) is 0.389. The number of thiophene rings is 1. The highest BCUT2D eigenvalue weighted by molar-refractivity contribution is 7.12. The second kappa shape index (κ2) is 7.07. The second-order valence-corrected chi connectivity index (χ2v) is 6.58. The molecule has 1 saturated heterocycles. The highest BCUT2D eigenvalue weighted by atomic mass is 32.1. The molecule has 1 amide bonds. The third-order valence-electron chi connectivity index (χ3n) is 4.36. The molecule has 0 radical (unpaired) electrons. The van der Waals surface area contributed by atoms with Crippen LogP contribution in [0.1, 0.15) is 29.4 Å². The lowest BCUT2D eigenvalue weighted by Crippen LogP contribution is -2.39. The van der Waals surface area contributed by atoms with Crippen LogP contribution in [0.25, 0.3) is 11.1 Å². The topological polar surface area (TPSA) is 32.3 Å². The molecule has 3 rings (SSSR count). The van der Waals surface area contributed by atoms with E-state index in [1.165, 1.54) is 24.2 Å². The number of rotatable bonds is 5. The number of amides is 1. The van der Waals surface area contributed by atoms with Crippen molar-refractivity contribution in [1.29, 1.82) is 0 Å². The van der Waals surface area contributed by atoms with E-state index in [0.29, 0.717) is 6.04 Å². The smallest absolute Gasteiger partial charge is 0.262 e. The lowest BCUT2D eigenvalue weighted by molar-refractivity contribution is 0.0946. The average molecular weight is 314 g/mol. The molecule has 1 atom stereocenters. The van der Waals surface area contributed by atoms with Crippen molar-refractivity contribution in [3.05, 3.63) is 46.7 Å². The van der Waals surface area contributed by atoms with Crippen molar-refractivity contribution in [2.75, 3.05) is 19.6 Å². The van der Waals surface area contributed by atoms with Crippen LogP contribution in [0.4, 0.5) is 0 Å². The van der Waals surface area contributed by atoms with Gasteiger partial charge in [0.25, 0.3) is 5.91 Å². The molecular formula is C18H22N2OS.